The predicted molar refractivity (Wildman–Crippen MR) is 128 cm³/mol. The van der Waals surface area contributed by atoms with Gasteiger partial charge in [-0.05, 0) is 29.3 Å². The Morgan fingerprint density at radius 3 is 2.50 bits per heavy atom. The van der Waals surface area contributed by atoms with Gasteiger partial charge in [0.1, 0.15) is 30.2 Å². The first kappa shape index (κ1) is 19.5. The van der Waals surface area contributed by atoms with Crippen molar-refractivity contribution in [1.82, 2.24) is 14.9 Å². The fourth-order valence-electron chi connectivity index (χ4n) is 4.40. The molecule has 0 bridgehead atoms. The number of hydrogen-bond donors (Lipinski definition) is 0. The van der Waals surface area contributed by atoms with E-state index in [2.05, 4.69) is 62.2 Å². The van der Waals surface area contributed by atoms with Crippen LogP contribution in [-0.2, 0) is 6.54 Å². The zero-order valence-electron chi connectivity index (χ0n) is 17.7. The molecule has 162 valence electrons. The van der Waals surface area contributed by atoms with Gasteiger partial charge in [-0.25, -0.2) is 9.97 Å². The van der Waals surface area contributed by atoms with E-state index in [1.54, 1.807) is 17.7 Å². The first-order valence-electron chi connectivity index (χ1n) is 11.0. The SMILES string of the molecule is c1ccc(-c2cc3c(N4CCN(Cc5ccc6c(c5)OCCO6)CC4)ncnc3s2)cc1. The molecular formula is C25H24N4O2S. The highest BCUT2D eigenvalue weighted by molar-refractivity contribution is 7.21. The number of aromatic nitrogens is 2. The fourth-order valence-corrected chi connectivity index (χ4v) is 5.40. The Morgan fingerprint density at radius 1 is 0.844 bits per heavy atom. The van der Waals surface area contributed by atoms with Gasteiger partial charge in [0.25, 0.3) is 0 Å². The maximum atomic E-state index is 5.74. The lowest BCUT2D eigenvalue weighted by molar-refractivity contribution is 0.171. The lowest BCUT2D eigenvalue weighted by Crippen LogP contribution is -2.46. The Bertz CT molecular complexity index is 1240. The molecule has 0 N–H and O–H groups in total. The number of hydrogen-bond acceptors (Lipinski definition) is 7. The van der Waals surface area contributed by atoms with Gasteiger partial charge in [-0.3, -0.25) is 4.90 Å². The van der Waals surface area contributed by atoms with Crippen LogP contribution < -0.4 is 14.4 Å². The number of fused-ring (bicyclic) bond motifs is 2. The number of nitrogens with zero attached hydrogens (tertiary/aromatic N) is 4. The van der Waals surface area contributed by atoms with Crippen LogP contribution in [0.15, 0.2) is 60.9 Å². The number of thiophene rings is 1. The molecule has 0 saturated carbocycles. The quantitative estimate of drug-likeness (QED) is 0.464. The number of ether oxygens (including phenoxy) is 2. The van der Waals surface area contributed by atoms with Crippen molar-refractivity contribution in [1.29, 1.82) is 0 Å². The molecule has 0 aliphatic carbocycles. The van der Waals surface area contributed by atoms with Crippen molar-refractivity contribution in [3.8, 4) is 21.9 Å². The molecule has 32 heavy (non-hydrogen) atoms. The zero-order chi connectivity index (χ0) is 21.3. The summed E-state index contributed by atoms with van der Waals surface area (Å²) in [5, 5.41) is 1.15. The third kappa shape index (κ3) is 3.78. The summed E-state index contributed by atoms with van der Waals surface area (Å²) < 4.78 is 11.4. The van der Waals surface area contributed by atoms with E-state index in [4.69, 9.17) is 9.47 Å². The molecule has 0 spiro atoms. The molecule has 0 amide bonds. The lowest BCUT2D eigenvalue weighted by atomic mass is 10.1. The van der Waals surface area contributed by atoms with Crippen LogP contribution in [0.3, 0.4) is 0 Å². The minimum Gasteiger partial charge on any atom is -0.486 e. The van der Waals surface area contributed by atoms with Crippen molar-refractivity contribution >= 4 is 27.4 Å². The van der Waals surface area contributed by atoms with Crippen LogP contribution in [-0.4, -0.2) is 54.3 Å². The summed E-state index contributed by atoms with van der Waals surface area (Å²) in [7, 11) is 0. The Hall–Kier alpha value is -3.16. The van der Waals surface area contributed by atoms with E-state index in [-0.39, 0.29) is 0 Å². The topological polar surface area (TPSA) is 50.7 Å². The molecular weight excluding hydrogens is 420 g/mol. The lowest BCUT2D eigenvalue weighted by Gasteiger charge is -2.35. The van der Waals surface area contributed by atoms with Gasteiger partial charge in [-0.1, -0.05) is 36.4 Å². The van der Waals surface area contributed by atoms with Crippen LogP contribution in [0, 0.1) is 0 Å². The largest absolute Gasteiger partial charge is 0.486 e. The molecule has 0 unspecified atom stereocenters. The molecule has 4 heterocycles. The van der Waals surface area contributed by atoms with Crippen molar-refractivity contribution in [2.75, 3.05) is 44.3 Å². The fraction of sp³-hybridized carbons (Fsp3) is 0.280. The van der Waals surface area contributed by atoms with Crippen molar-refractivity contribution in [3.63, 3.8) is 0 Å². The molecule has 1 saturated heterocycles. The van der Waals surface area contributed by atoms with Gasteiger partial charge in [-0.2, -0.15) is 0 Å². The average molecular weight is 445 g/mol. The third-order valence-corrected chi connectivity index (χ3v) is 7.14. The molecule has 2 aromatic heterocycles. The van der Waals surface area contributed by atoms with Crippen LogP contribution >= 0.6 is 11.3 Å². The van der Waals surface area contributed by atoms with Crippen molar-refractivity contribution in [3.05, 3.63) is 66.5 Å². The van der Waals surface area contributed by atoms with E-state index in [1.165, 1.54) is 16.0 Å². The van der Waals surface area contributed by atoms with Gasteiger partial charge in [0, 0.05) is 37.6 Å². The monoisotopic (exact) mass is 444 g/mol. The standard InChI is InChI=1S/C25H24N4O2S/c1-2-4-19(5-3-1)23-15-20-24(26-17-27-25(20)32-23)29-10-8-28(9-11-29)16-18-6-7-21-22(14-18)31-13-12-30-21/h1-7,14-15,17H,8-13,16H2. The minimum absolute atomic E-state index is 0.622. The number of rotatable bonds is 4. The highest BCUT2D eigenvalue weighted by Crippen LogP contribution is 2.36. The molecule has 7 heteroatoms. The Morgan fingerprint density at radius 2 is 1.66 bits per heavy atom. The molecule has 2 aromatic carbocycles. The first-order valence-corrected chi connectivity index (χ1v) is 11.8. The molecule has 4 aromatic rings. The van der Waals surface area contributed by atoms with E-state index in [1.807, 2.05) is 12.1 Å². The summed E-state index contributed by atoms with van der Waals surface area (Å²) in [5.41, 5.74) is 2.49. The van der Waals surface area contributed by atoms with E-state index < -0.39 is 0 Å². The maximum absolute atomic E-state index is 5.74. The Balaban J connectivity index is 1.16. The van der Waals surface area contributed by atoms with Crippen LogP contribution in [0.4, 0.5) is 5.82 Å². The number of piperazine rings is 1. The maximum Gasteiger partial charge on any atom is 0.161 e. The zero-order valence-corrected chi connectivity index (χ0v) is 18.6. The third-order valence-electron chi connectivity index (χ3n) is 6.05. The van der Waals surface area contributed by atoms with Crippen molar-refractivity contribution < 1.29 is 9.47 Å². The minimum atomic E-state index is 0.622. The molecule has 0 radical (unpaired) electrons. The van der Waals surface area contributed by atoms with E-state index >= 15 is 0 Å². The van der Waals surface area contributed by atoms with Gasteiger partial charge >= 0.3 is 0 Å². The average Bonchev–Trinajstić information content (AvgIpc) is 3.30. The van der Waals surface area contributed by atoms with Crippen molar-refractivity contribution in [2.24, 2.45) is 0 Å². The highest BCUT2D eigenvalue weighted by atomic mass is 32.1. The van der Waals surface area contributed by atoms with Crippen molar-refractivity contribution in [2.45, 2.75) is 6.54 Å². The molecule has 2 aliphatic heterocycles. The van der Waals surface area contributed by atoms with Crippen LogP contribution in [0.5, 0.6) is 11.5 Å². The molecule has 6 rings (SSSR count). The predicted octanol–water partition coefficient (Wildman–Crippen LogP) is 4.45. The van der Waals surface area contributed by atoms with Gasteiger partial charge in [0.2, 0.25) is 0 Å². The van der Waals surface area contributed by atoms with Gasteiger partial charge in [0.15, 0.2) is 11.5 Å². The summed E-state index contributed by atoms with van der Waals surface area (Å²) in [6.07, 6.45) is 1.70. The van der Waals surface area contributed by atoms with Crippen LogP contribution in [0.25, 0.3) is 20.7 Å². The van der Waals surface area contributed by atoms with Crippen LogP contribution in [0.1, 0.15) is 5.56 Å². The van der Waals surface area contributed by atoms with Gasteiger partial charge < -0.3 is 14.4 Å². The van der Waals surface area contributed by atoms with Gasteiger partial charge in [-0.15, -0.1) is 11.3 Å². The summed E-state index contributed by atoms with van der Waals surface area (Å²) >= 11 is 1.73. The summed E-state index contributed by atoms with van der Waals surface area (Å²) in [5.74, 6) is 2.76. The first-order chi connectivity index (χ1) is 15.8. The molecule has 0 atom stereocenters. The van der Waals surface area contributed by atoms with E-state index in [0.29, 0.717) is 13.2 Å². The number of benzene rings is 2. The number of anilines is 1. The second-order valence-electron chi connectivity index (χ2n) is 8.13. The highest BCUT2D eigenvalue weighted by Gasteiger charge is 2.22. The molecule has 6 nitrogen and oxygen atoms in total. The Labute approximate surface area is 191 Å². The van der Waals surface area contributed by atoms with E-state index in [9.17, 15) is 0 Å². The smallest absolute Gasteiger partial charge is 0.161 e. The summed E-state index contributed by atoms with van der Waals surface area (Å²) in [4.78, 5) is 16.4. The van der Waals surface area contributed by atoms with Gasteiger partial charge in [0.05, 0.1) is 5.39 Å². The van der Waals surface area contributed by atoms with Crippen LogP contribution in [0.2, 0.25) is 0 Å². The second kappa shape index (κ2) is 8.41. The normalized spacial score (nSPS) is 16.4. The van der Waals surface area contributed by atoms with E-state index in [0.717, 1.165) is 60.3 Å². The molecule has 2 aliphatic rings. The summed E-state index contributed by atoms with van der Waals surface area (Å²) in [6, 6.07) is 19.0. The second-order valence-corrected chi connectivity index (χ2v) is 9.16. The summed E-state index contributed by atoms with van der Waals surface area (Å²) in [6.45, 7) is 6.06. The molecule has 1 fully saturated rings. The Kier molecular flexibility index (Phi) is 5.13.